The molecule has 0 aliphatic carbocycles. The van der Waals surface area contributed by atoms with Gasteiger partial charge in [0.1, 0.15) is 11.3 Å². The molecule has 0 fully saturated rings. The molecule has 0 atom stereocenters. The molecule has 1 aromatic heterocycles. The molecular formula is C19H16ClN3O4. The highest BCUT2D eigenvalue weighted by Gasteiger charge is 2.16. The van der Waals surface area contributed by atoms with E-state index in [0.29, 0.717) is 22.0 Å². The summed E-state index contributed by atoms with van der Waals surface area (Å²) in [5.74, 6) is 0.00783. The largest absolute Gasteiger partial charge is 0.497 e. The zero-order chi connectivity index (χ0) is 19.4. The molecule has 8 heteroatoms. The summed E-state index contributed by atoms with van der Waals surface area (Å²) in [5, 5.41) is 3.04. The van der Waals surface area contributed by atoms with Gasteiger partial charge in [-0.1, -0.05) is 29.8 Å². The van der Waals surface area contributed by atoms with Crippen molar-refractivity contribution in [2.45, 2.75) is 6.54 Å². The minimum Gasteiger partial charge on any atom is -0.497 e. The van der Waals surface area contributed by atoms with Gasteiger partial charge in [0, 0.05) is 16.9 Å². The quantitative estimate of drug-likeness (QED) is 0.705. The molecule has 0 unspecified atom stereocenters. The fourth-order valence-electron chi connectivity index (χ4n) is 2.49. The number of anilines is 1. The van der Waals surface area contributed by atoms with E-state index in [9.17, 15) is 14.4 Å². The van der Waals surface area contributed by atoms with Crippen LogP contribution in [0.4, 0.5) is 5.69 Å². The molecule has 0 radical (unpaired) electrons. The van der Waals surface area contributed by atoms with E-state index in [0.717, 1.165) is 10.8 Å². The van der Waals surface area contributed by atoms with Crippen molar-refractivity contribution in [1.82, 2.24) is 9.55 Å². The Balaban J connectivity index is 1.90. The average molecular weight is 386 g/mol. The van der Waals surface area contributed by atoms with Crippen molar-refractivity contribution in [3.63, 3.8) is 0 Å². The van der Waals surface area contributed by atoms with Crippen LogP contribution in [-0.2, 0) is 6.54 Å². The average Bonchev–Trinajstić information content (AvgIpc) is 2.67. The normalized spacial score (nSPS) is 10.4. The third-order valence-electron chi connectivity index (χ3n) is 3.94. The maximum absolute atomic E-state index is 12.7. The van der Waals surface area contributed by atoms with Crippen molar-refractivity contribution in [2.75, 3.05) is 12.4 Å². The van der Waals surface area contributed by atoms with Gasteiger partial charge in [-0.25, -0.2) is 4.79 Å². The summed E-state index contributed by atoms with van der Waals surface area (Å²) in [7, 11) is 1.54. The lowest BCUT2D eigenvalue weighted by atomic mass is 10.2. The summed E-state index contributed by atoms with van der Waals surface area (Å²) < 4.78 is 5.99. The number of H-pyrrole nitrogens is 1. The number of methoxy groups -OCH3 is 1. The topological polar surface area (TPSA) is 93.2 Å². The lowest BCUT2D eigenvalue weighted by molar-refractivity contribution is 0.102. The number of nitrogens with zero attached hydrogens (tertiary/aromatic N) is 1. The van der Waals surface area contributed by atoms with Crippen LogP contribution in [0.1, 0.15) is 15.9 Å². The van der Waals surface area contributed by atoms with Crippen molar-refractivity contribution in [3.8, 4) is 5.75 Å². The molecule has 1 heterocycles. The molecule has 2 N–H and O–H groups in total. The fraction of sp³-hybridized carbons (Fsp3) is 0.105. The third-order valence-corrected chi connectivity index (χ3v) is 4.31. The Hall–Kier alpha value is -3.32. The van der Waals surface area contributed by atoms with E-state index >= 15 is 0 Å². The first kappa shape index (κ1) is 18.5. The summed E-state index contributed by atoms with van der Waals surface area (Å²) in [6, 6.07) is 13.5. The summed E-state index contributed by atoms with van der Waals surface area (Å²) >= 11 is 6.10. The number of ether oxygens (including phenoxy) is 1. The van der Waals surface area contributed by atoms with Crippen LogP contribution in [-0.4, -0.2) is 22.6 Å². The van der Waals surface area contributed by atoms with Gasteiger partial charge in [-0.2, -0.15) is 0 Å². The van der Waals surface area contributed by atoms with Gasteiger partial charge in [-0.15, -0.1) is 0 Å². The molecule has 2 aromatic carbocycles. The van der Waals surface area contributed by atoms with E-state index in [1.165, 1.54) is 7.11 Å². The molecule has 7 nitrogen and oxygen atoms in total. The Bertz CT molecular complexity index is 1090. The van der Waals surface area contributed by atoms with Crippen LogP contribution >= 0.6 is 11.6 Å². The first-order chi connectivity index (χ1) is 13.0. The Kier molecular flexibility index (Phi) is 5.42. The number of halogens is 1. The van der Waals surface area contributed by atoms with Gasteiger partial charge in [-0.05, 0) is 35.9 Å². The Morgan fingerprint density at radius 1 is 1.15 bits per heavy atom. The zero-order valence-corrected chi connectivity index (χ0v) is 15.1. The Morgan fingerprint density at radius 2 is 1.85 bits per heavy atom. The summed E-state index contributed by atoms with van der Waals surface area (Å²) in [5.41, 5.74) is -0.424. The molecule has 0 spiro atoms. The summed E-state index contributed by atoms with van der Waals surface area (Å²) in [6.07, 6.45) is 1.10. The Labute approximate surface area is 159 Å². The molecule has 1 amide bonds. The van der Waals surface area contributed by atoms with Crippen LogP contribution < -0.4 is 21.3 Å². The molecule has 3 rings (SSSR count). The highest BCUT2D eigenvalue weighted by atomic mass is 35.5. The van der Waals surface area contributed by atoms with Gasteiger partial charge in [0.2, 0.25) is 0 Å². The van der Waals surface area contributed by atoms with Crippen LogP contribution in [0.25, 0.3) is 0 Å². The number of benzene rings is 2. The fourth-order valence-corrected chi connectivity index (χ4v) is 2.68. The second-order valence-corrected chi connectivity index (χ2v) is 6.08. The summed E-state index contributed by atoms with van der Waals surface area (Å²) in [6.45, 7) is -0.0442. The first-order valence-corrected chi connectivity index (χ1v) is 8.38. The molecular weight excluding hydrogens is 370 g/mol. The van der Waals surface area contributed by atoms with Gasteiger partial charge in [-0.3, -0.25) is 14.2 Å². The molecule has 0 saturated heterocycles. The number of hydrogen-bond donors (Lipinski definition) is 2. The van der Waals surface area contributed by atoms with Crippen LogP contribution in [0, 0.1) is 0 Å². The highest BCUT2D eigenvalue weighted by molar-refractivity contribution is 6.31. The van der Waals surface area contributed by atoms with Crippen LogP contribution in [0.15, 0.2) is 64.3 Å². The van der Waals surface area contributed by atoms with Crippen molar-refractivity contribution < 1.29 is 9.53 Å². The van der Waals surface area contributed by atoms with Gasteiger partial charge >= 0.3 is 5.69 Å². The maximum atomic E-state index is 12.7. The zero-order valence-electron chi connectivity index (χ0n) is 14.4. The number of aromatic nitrogens is 2. The van der Waals surface area contributed by atoms with E-state index in [-0.39, 0.29) is 12.1 Å². The highest BCUT2D eigenvalue weighted by Crippen LogP contribution is 2.16. The van der Waals surface area contributed by atoms with E-state index in [1.807, 2.05) is 0 Å². The van der Waals surface area contributed by atoms with E-state index in [2.05, 4.69) is 10.3 Å². The molecule has 138 valence electrons. The van der Waals surface area contributed by atoms with Gasteiger partial charge < -0.3 is 15.0 Å². The van der Waals surface area contributed by atoms with Crippen molar-refractivity contribution in [3.05, 3.63) is 91.7 Å². The van der Waals surface area contributed by atoms with Crippen molar-refractivity contribution >= 4 is 23.2 Å². The molecule has 0 bridgehead atoms. The second-order valence-electron chi connectivity index (χ2n) is 5.67. The number of hydrogen-bond acceptors (Lipinski definition) is 4. The van der Waals surface area contributed by atoms with Gasteiger partial charge in [0.05, 0.1) is 13.7 Å². The maximum Gasteiger partial charge on any atom is 0.328 e. The predicted molar refractivity (Wildman–Crippen MR) is 103 cm³/mol. The van der Waals surface area contributed by atoms with Crippen LogP contribution in [0.2, 0.25) is 5.02 Å². The number of nitrogens with one attached hydrogen (secondary N) is 2. The van der Waals surface area contributed by atoms with Crippen LogP contribution in [0.3, 0.4) is 0 Å². The standard InChI is InChI=1S/C19H16ClN3O4/c1-27-14-8-6-13(7-9-14)22-17(24)15-10-21-19(26)23(18(15)25)11-12-4-2-3-5-16(12)20/h2-10H,11H2,1H3,(H,21,26)(H,22,24). The van der Waals surface area contributed by atoms with E-state index < -0.39 is 17.2 Å². The lowest BCUT2D eigenvalue weighted by Gasteiger charge is -2.09. The smallest absolute Gasteiger partial charge is 0.328 e. The van der Waals surface area contributed by atoms with Gasteiger partial charge in [0.15, 0.2) is 0 Å². The minimum atomic E-state index is -0.704. The van der Waals surface area contributed by atoms with Crippen LogP contribution in [0.5, 0.6) is 5.75 Å². The first-order valence-electron chi connectivity index (χ1n) is 8.01. The molecule has 3 aromatic rings. The monoisotopic (exact) mass is 385 g/mol. The second kappa shape index (κ2) is 7.92. The number of aromatic amines is 1. The third kappa shape index (κ3) is 4.09. The van der Waals surface area contributed by atoms with Crippen molar-refractivity contribution in [1.29, 1.82) is 0 Å². The van der Waals surface area contributed by atoms with Gasteiger partial charge in [0.25, 0.3) is 11.5 Å². The number of amides is 1. The number of carbonyl (C=O) groups excluding carboxylic acids is 1. The molecule has 0 saturated carbocycles. The van der Waals surface area contributed by atoms with E-state index in [4.69, 9.17) is 16.3 Å². The minimum absolute atomic E-state index is 0.0442. The molecule has 27 heavy (non-hydrogen) atoms. The lowest BCUT2D eigenvalue weighted by Crippen LogP contribution is -2.39. The van der Waals surface area contributed by atoms with E-state index in [1.54, 1.807) is 48.5 Å². The molecule has 0 aliphatic rings. The molecule has 0 aliphatic heterocycles. The number of carbonyl (C=O) groups is 1. The Morgan fingerprint density at radius 3 is 2.52 bits per heavy atom. The SMILES string of the molecule is COc1ccc(NC(=O)c2c[nH]c(=O)n(Cc3ccccc3Cl)c2=O)cc1. The number of rotatable bonds is 5. The summed E-state index contributed by atoms with van der Waals surface area (Å²) in [4.78, 5) is 39.6. The van der Waals surface area contributed by atoms with Crippen molar-refractivity contribution in [2.24, 2.45) is 0 Å². The predicted octanol–water partition coefficient (Wildman–Crippen LogP) is 2.50.